The molecule has 1 aromatic carbocycles. The Hall–Kier alpha value is -3.08. The van der Waals surface area contributed by atoms with E-state index in [1.54, 1.807) is 18.5 Å². The summed E-state index contributed by atoms with van der Waals surface area (Å²) in [6.45, 7) is 3.95. The van der Waals surface area contributed by atoms with E-state index in [9.17, 15) is 4.79 Å². The first kappa shape index (κ1) is 15.8. The smallest absolute Gasteiger partial charge is 0.328 e. The minimum atomic E-state index is -1.02. The number of fused-ring (bicyclic) bond motifs is 1. The number of pyridine rings is 1. The summed E-state index contributed by atoms with van der Waals surface area (Å²) < 4.78 is 11.5. The minimum absolute atomic E-state index is 0.0885. The molecule has 0 aliphatic rings. The van der Waals surface area contributed by atoms with Gasteiger partial charge in [0.25, 0.3) is 0 Å². The van der Waals surface area contributed by atoms with E-state index in [0.717, 1.165) is 28.3 Å². The van der Waals surface area contributed by atoms with Crippen LogP contribution in [0.25, 0.3) is 28.2 Å². The molecule has 0 aliphatic carbocycles. The van der Waals surface area contributed by atoms with Gasteiger partial charge in [-0.2, -0.15) is 0 Å². The molecule has 1 N–H and O–H groups in total. The van der Waals surface area contributed by atoms with Crippen molar-refractivity contribution in [2.24, 2.45) is 0 Å². The molecular weight excluding hydrogens is 306 g/mol. The lowest BCUT2D eigenvalue weighted by atomic mass is 10.1. The largest absolute Gasteiger partial charge is 0.491 e. The Kier molecular flexibility index (Phi) is 4.33. The molecule has 0 aliphatic heterocycles. The van der Waals surface area contributed by atoms with Crippen molar-refractivity contribution in [1.82, 2.24) is 4.98 Å². The summed E-state index contributed by atoms with van der Waals surface area (Å²) >= 11 is 0. The lowest BCUT2D eigenvalue weighted by Gasteiger charge is -2.11. The fraction of sp³-hybridized carbons (Fsp3) is 0.158. The van der Waals surface area contributed by atoms with Gasteiger partial charge in [0, 0.05) is 29.4 Å². The highest BCUT2D eigenvalue weighted by Gasteiger charge is 2.11. The molecule has 0 amide bonds. The minimum Gasteiger partial charge on any atom is -0.491 e. The van der Waals surface area contributed by atoms with Gasteiger partial charge in [-0.1, -0.05) is 12.1 Å². The van der Waals surface area contributed by atoms with Crippen LogP contribution in [0.2, 0.25) is 0 Å². The number of furan rings is 1. The van der Waals surface area contributed by atoms with Crippen LogP contribution in [0.1, 0.15) is 19.6 Å². The molecule has 3 rings (SSSR count). The number of carboxylic acids is 1. The van der Waals surface area contributed by atoms with Crippen LogP contribution in [-0.2, 0) is 4.79 Å². The van der Waals surface area contributed by atoms with E-state index in [0.29, 0.717) is 11.3 Å². The molecular formula is C19H17NO4. The first-order valence-electron chi connectivity index (χ1n) is 7.58. The van der Waals surface area contributed by atoms with Crippen LogP contribution < -0.4 is 4.74 Å². The van der Waals surface area contributed by atoms with E-state index in [-0.39, 0.29) is 6.10 Å². The van der Waals surface area contributed by atoms with Crippen molar-refractivity contribution in [3.8, 4) is 16.9 Å². The van der Waals surface area contributed by atoms with Crippen LogP contribution in [0.3, 0.4) is 0 Å². The van der Waals surface area contributed by atoms with Crippen molar-refractivity contribution in [3.05, 3.63) is 54.6 Å². The Morgan fingerprint density at radius 2 is 2.12 bits per heavy atom. The standard InChI is InChI=1S/C19H17NO4/c1-12(2)23-15-5-3-4-13(8-15)17-11-20-10-14-9-16(24-19(14)17)6-7-18(21)22/h3-12H,1-2H3,(H,21,22)/b7-6+. The summed E-state index contributed by atoms with van der Waals surface area (Å²) in [5.41, 5.74) is 2.42. The molecule has 0 radical (unpaired) electrons. The summed E-state index contributed by atoms with van der Waals surface area (Å²) in [4.78, 5) is 14.9. The third kappa shape index (κ3) is 3.46. The second kappa shape index (κ2) is 6.58. The quantitative estimate of drug-likeness (QED) is 0.705. The Morgan fingerprint density at radius 1 is 1.29 bits per heavy atom. The Morgan fingerprint density at radius 3 is 2.88 bits per heavy atom. The molecule has 24 heavy (non-hydrogen) atoms. The summed E-state index contributed by atoms with van der Waals surface area (Å²) in [6.07, 6.45) is 5.97. The molecule has 0 atom stereocenters. The van der Waals surface area contributed by atoms with Crippen LogP contribution in [0.5, 0.6) is 5.75 Å². The van der Waals surface area contributed by atoms with Gasteiger partial charge in [0.05, 0.1) is 6.10 Å². The normalized spacial score (nSPS) is 11.5. The van der Waals surface area contributed by atoms with Gasteiger partial charge in [-0.3, -0.25) is 4.98 Å². The van der Waals surface area contributed by atoms with Gasteiger partial charge in [-0.15, -0.1) is 0 Å². The number of nitrogens with zero attached hydrogens (tertiary/aromatic N) is 1. The summed E-state index contributed by atoms with van der Waals surface area (Å²) in [5.74, 6) is 0.223. The summed E-state index contributed by atoms with van der Waals surface area (Å²) in [6, 6.07) is 9.48. The lowest BCUT2D eigenvalue weighted by molar-refractivity contribution is -0.131. The molecule has 0 spiro atoms. The van der Waals surface area contributed by atoms with Crippen LogP contribution in [0, 0.1) is 0 Å². The van der Waals surface area contributed by atoms with Crippen molar-refractivity contribution in [3.63, 3.8) is 0 Å². The van der Waals surface area contributed by atoms with E-state index >= 15 is 0 Å². The third-order valence-corrected chi connectivity index (χ3v) is 3.35. The second-order valence-electron chi connectivity index (χ2n) is 5.62. The first-order valence-corrected chi connectivity index (χ1v) is 7.58. The predicted octanol–water partition coefficient (Wildman–Crippen LogP) is 4.38. The summed E-state index contributed by atoms with van der Waals surface area (Å²) in [7, 11) is 0. The van der Waals surface area contributed by atoms with E-state index in [4.69, 9.17) is 14.3 Å². The van der Waals surface area contributed by atoms with Crippen molar-refractivity contribution in [2.45, 2.75) is 20.0 Å². The molecule has 3 aromatic rings. The lowest BCUT2D eigenvalue weighted by Crippen LogP contribution is -2.05. The van der Waals surface area contributed by atoms with Gasteiger partial charge >= 0.3 is 5.97 Å². The van der Waals surface area contributed by atoms with Crippen molar-refractivity contribution >= 4 is 23.0 Å². The van der Waals surface area contributed by atoms with Gasteiger partial charge in [0.1, 0.15) is 17.1 Å². The highest BCUT2D eigenvalue weighted by atomic mass is 16.5. The van der Waals surface area contributed by atoms with Crippen LogP contribution >= 0.6 is 0 Å². The predicted molar refractivity (Wildman–Crippen MR) is 91.9 cm³/mol. The molecule has 5 heteroatoms. The van der Waals surface area contributed by atoms with Gasteiger partial charge in [0.2, 0.25) is 0 Å². The van der Waals surface area contributed by atoms with E-state index < -0.39 is 5.97 Å². The van der Waals surface area contributed by atoms with Gasteiger partial charge in [0.15, 0.2) is 0 Å². The molecule has 2 aromatic heterocycles. The third-order valence-electron chi connectivity index (χ3n) is 3.35. The molecule has 0 saturated heterocycles. The van der Waals surface area contributed by atoms with Crippen molar-refractivity contribution in [1.29, 1.82) is 0 Å². The zero-order valence-electron chi connectivity index (χ0n) is 13.4. The number of hydrogen-bond acceptors (Lipinski definition) is 4. The number of ether oxygens (including phenoxy) is 1. The maximum Gasteiger partial charge on any atom is 0.328 e. The monoisotopic (exact) mass is 323 g/mol. The maximum absolute atomic E-state index is 10.6. The van der Waals surface area contributed by atoms with E-state index in [2.05, 4.69) is 4.98 Å². The van der Waals surface area contributed by atoms with Crippen LogP contribution in [0.15, 0.2) is 53.2 Å². The molecule has 0 fully saturated rings. The summed E-state index contributed by atoms with van der Waals surface area (Å²) in [5, 5.41) is 9.54. The topological polar surface area (TPSA) is 72.6 Å². The van der Waals surface area contributed by atoms with Crippen LogP contribution in [-0.4, -0.2) is 22.2 Å². The zero-order valence-corrected chi connectivity index (χ0v) is 13.4. The van der Waals surface area contributed by atoms with Crippen molar-refractivity contribution < 1.29 is 19.1 Å². The Labute approximate surface area is 139 Å². The first-order chi connectivity index (χ1) is 11.5. The highest BCUT2D eigenvalue weighted by Crippen LogP contribution is 2.32. The van der Waals surface area contributed by atoms with E-state index in [1.807, 2.05) is 38.1 Å². The number of benzene rings is 1. The molecule has 2 heterocycles. The van der Waals surface area contributed by atoms with Gasteiger partial charge in [-0.25, -0.2) is 4.79 Å². The molecule has 5 nitrogen and oxygen atoms in total. The number of aromatic nitrogens is 1. The SMILES string of the molecule is CC(C)Oc1cccc(-c2cncc3cc(/C=C/C(=O)O)oc23)c1. The molecule has 0 unspecified atom stereocenters. The molecule has 122 valence electrons. The number of rotatable bonds is 5. The van der Waals surface area contributed by atoms with E-state index in [1.165, 1.54) is 6.08 Å². The molecule has 0 saturated carbocycles. The zero-order chi connectivity index (χ0) is 17.1. The number of aliphatic carboxylic acids is 1. The fourth-order valence-corrected chi connectivity index (χ4v) is 2.43. The fourth-order valence-electron chi connectivity index (χ4n) is 2.43. The van der Waals surface area contributed by atoms with Gasteiger partial charge < -0.3 is 14.3 Å². The number of carboxylic acid groups (broad SMARTS) is 1. The number of carbonyl (C=O) groups is 1. The Bertz CT molecular complexity index is 909. The maximum atomic E-state index is 10.6. The second-order valence-corrected chi connectivity index (χ2v) is 5.62. The average Bonchev–Trinajstić information content (AvgIpc) is 2.95. The molecule has 0 bridgehead atoms. The Balaban J connectivity index is 2.05. The number of hydrogen-bond donors (Lipinski definition) is 1. The van der Waals surface area contributed by atoms with Gasteiger partial charge in [-0.05, 0) is 43.7 Å². The van der Waals surface area contributed by atoms with Crippen LogP contribution in [0.4, 0.5) is 0 Å². The van der Waals surface area contributed by atoms with Crippen molar-refractivity contribution in [2.75, 3.05) is 0 Å². The average molecular weight is 323 g/mol. The highest BCUT2D eigenvalue weighted by molar-refractivity contribution is 5.93.